The van der Waals surface area contributed by atoms with Gasteiger partial charge in [0.25, 0.3) is 0 Å². The largest absolute Gasteiger partial charge is 0.449 e. The van der Waals surface area contributed by atoms with Gasteiger partial charge in [-0.1, -0.05) is 6.92 Å². The average molecular weight is 154 g/mol. The first kappa shape index (κ1) is 8.27. The molecule has 1 aromatic rings. The summed E-state index contributed by atoms with van der Waals surface area (Å²) >= 11 is 0. The van der Waals surface area contributed by atoms with E-state index in [4.69, 9.17) is 4.42 Å². The van der Waals surface area contributed by atoms with Crippen LogP contribution in [0.4, 0.5) is 0 Å². The molecule has 1 heterocycles. The van der Waals surface area contributed by atoms with Gasteiger partial charge in [-0.15, -0.1) is 0 Å². The zero-order valence-corrected chi connectivity index (χ0v) is 7.22. The molecule has 0 radical (unpaired) electrons. The molecule has 0 fully saturated rings. The van der Waals surface area contributed by atoms with Gasteiger partial charge >= 0.3 is 0 Å². The summed E-state index contributed by atoms with van der Waals surface area (Å²) in [5.41, 5.74) is 0.976. The zero-order valence-electron chi connectivity index (χ0n) is 7.22. The Morgan fingerprint density at radius 2 is 2.45 bits per heavy atom. The maximum Gasteiger partial charge on any atom is 0.191 e. The molecule has 11 heavy (non-hydrogen) atoms. The van der Waals surface area contributed by atoms with Gasteiger partial charge in [0, 0.05) is 13.0 Å². The van der Waals surface area contributed by atoms with Crippen molar-refractivity contribution in [3.05, 3.63) is 17.8 Å². The lowest BCUT2D eigenvalue weighted by Gasteiger charge is -2.06. The Morgan fingerprint density at radius 3 is 2.91 bits per heavy atom. The van der Waals surface area contributed by atoms with E-state index in [9.17, 15) is 0 Å². The molecule has 0 spiro atoms. The molecular formula is C8H14N2O. The van der Waals surface area contributed by atoms with Crippen molar-refractivity contribution in [3.8, 4) is 0 Å². The van der Waals surface area contributed by atoms with Crippen LogP contribution in [-0.4, -0.2) is 11.5 Å². The Kier molecular flexibility index (Phi) is 2.65. The summed E-state index contributed by atoms with van der Waals surface area (Å²) in [6.45, 7) is 6.94. The standard InChI is InChI=1S/C8H14N2O/c1-4-9-6(2)8-5-11-7(3)10-8/h5-6,9H,4H2,1-3H3. The quantitative estimate of drug-likeness (QED) is 0.719. The van der Waals surface area contributed by atoms with Gasteiger partial charge in [-0.25, -0.2) is 4.98 Å². The Hall–Kier alpha value is -0.830. The van der Waals surface area contributed by atoms with Crippen LogP contribution in [0.15, 0.2) is 10.7 Å². The highest BCUT2D eigenvalue weighted by atomic mass is 16.3. The van der Waals surface area contributed by atoms with Crippen molar-refractivity contribution in [2.45, 2.75) is 26.8 Å². The minimum atomic E-state index is 0.289. The first-order chi connectivity index (χ1) is 5.24. The number of aromatic nitrogens is 1. The summed E-state index contributed by atoms with van der Waals surface area (Å²) in [7, 11) is 0. The van der Waals surface area contributed by atoms with E-state index in [2.05, 4.69) is 24.1 Å². The van der Waals surface area contributed by atoms with E-state index >= 15 is 0 Å². The van der Waals surface area contributed by atoms with Crippen LogP contribution in [0.2, 0.25) is 0 Å². The molecule has 0 aliphatic carbocycles. The third kappa shape index (κ3) is 2.05. The van der Waals surface area contributed by atoms with Crippen LogP contribution in [0, 0.1) is 6.92 Å². The summed E-state index contributed by atoms with van der Waals surface area (Å²) in [6.07, 6.45) is 1.70. The third-order valence-electron chi connectivity index (χ3n) is 1.59. The maximum absolute atomic E-state index is 5.08. The molecule has 0 aliphatic rings. The van der Waals surface area contributed by atoms with Crippen molar-refractivity contribution >= 4 is 0 Å². The van der Waals surface area contributed by atoms with Gasteiger partial charge in [0.1, 0.15) is 6.26 Å². The van der Waals surface area contributed by atoms with E-state index in [1.54, 1.807) is 6.26 Å². The summed E-state index contributed by atoms with van der Waals surface area (Å²) in [6, 6.07) is 0.289. The number of aryl methyl sites for hydroxylation is 1. The van der Waals surface area contributed by atoms with Crippen LogP contribution in [0.1, 0.15) is 31.5 Å². The number of hydrogen-bond acceptors (Lipinski definition) is 3. The molecule has 0 amide bonds. The van der Waals surface area contributed by atoms with Gasteiger partial charge in [-0.2, -0.15) is 0 Å². The van der Waals surface area contributed by atoms with Gasteiger partial charge in [-0.3, -0.25) is 0 Å². The lowest BCUT2D eigenvalue weighted by molar-refractivity contribution is 0.517. The van der Waals surface area contributed by atoms with Crippen molar-refractivity contribution in [1.82, 2.24) is 10.3 Å². The van der Waals surface area contributed by atoms with Crippen LogP contribution in [0.3, 0.4) is 0 Å². The SMILES string of the molecule is CCNC(C)c1coc(C)n1. The molecule has 3 nitrogen and oxygen atoms in total. The smallest absolute Gasteiger partial charge is 0.191 e. The van der Waals surface area contributed by atoms with Crippen LogP contribution < -0.4 is 5.32 Å². The number of hydrogen-bond donors (Lipinski definition) is 1. The van der Waals surface area contributed by atoms with E-state index in [-0.39, 0.29) is 6.04 Å². The summed E-state index contributed by atoms with van der Waals surface area (Å²) < 4.78 is 5.08. The molecule has 0 aromatic carbocycles. The topological polar surface area (TPSA) is 38.1 Å². The highest BCUT2D eigenvalue weighted by Gasteiger charge is 2.06. The molecule has 1 aromatic heterocycles. The highest BCUT2D eigenvalue weighted by Crippen LogP contribution is 2.10. The normalized spacial score (nSPS) is 13.4. The molecule has 0 bridgehead atoms. The molecule has 1 atom stereocenters. The second kappa shape index (κ2) is 3.53. The molecular weight excluding hydrogens is 140 g/mol. The van der Waals surface area contributed by atoms with E-state index in [1.807, 2.05) is 6.92 Å². The third-order valence-corrected chi connectivity index (χ3v) is 1.59. The molecule has 0 saturated carbocycles. The fraction of sp³-hybridized carbons (Fsp3) is 0.625. The minimum absolute atomic E-state index is 0.289. The Bertz CT molecular complexity index is 220. The fourth-order valence-corrected chi connectivity index (χ4v) is 0.990. The van der Waals surface area contributed by atoms with Crippen molar-refractivity contribution in [2.75, 3.05) is 6.54 Å². The molecule has 0 saturated heterocycles. The van der Waals surface area contributed by atoms with Gasteiger partial charge < -0.3 is 9.73 Å². The Balaban J connectivity index is 2.60. The van der Waals surface area contributed by atoms with Gasteiger partial charge in [0.2, 0.25) is 0 Å². The predicted molar refractivity (Wildman–Crippen MR) is 43.3 cm³/mol. The molecule has 1 unspecified atom stereocenters. The van der Waals surface area contributed by atoms with E-state index in [0.29, 0.717) is 0 Å². The fourth-order valence-electron chi connectivity index (χ4n) is 0.990. The molecule has 1 N–H and O–H groups in total. The first-order valence-corrected chi connectivity index (χ1v) is 3.89. The van der Waals surface area contributed by atoms with Crippen LogP contribution in [0.5, 0.6) is 0 Å². The highest BCUT2D eigenvalue weighted by molar-refractivity contribution is 5.00. The van der Waals surface area contributed by atoms with Gasteiger partial charge in [-0.05, 0) is 13.5 Å². The monoisotopic (exact) mass is 154 g/mol. The summed E-state index contributed by atoms with van der Waals surface area (Å²) in [5, 5.41) is 3.25. The lowest BCUT2D eigenvalue weighted by Crippen LogP contribution is -2.17. The first-order valence-electron chi connectivity index (χ1n) is 3.89. The van der Waals surface area contributed by atoms with Crippen molar-refractivity contribution in [2.24, 2.45) is 0 Å². The second-order valence-corrected chi connectivity index (χ2v) is 2.57. The number of nitrogens with zero attached hydrogens (tertiary/aromatic N) is 1. The molecule has 1 rings (SSSR count). The van der Waals surface area contributed by atoms with E-state index in [1.165, 1.54) is 0 Å². The van der Waals surface area contributed by atoms with Crippen LogP contribution >= 0.6 is 0 Å². The lowest BCUT2D eigenvalue weighted by atomic mass is 10.2. The average Bonchev–Trinajstić information content (AvgIpc) is 2.36. The molecule has 0 aliphatic heterocycles. The maximum atomic E-state index is 5.08. The van der Waals surface area contributed by atoms with Crippen molar-refractivity contribution < 1.29 is 4.42 Å². The number of nitrogens with one attached hydrogen (secondary N) is 1. The summed E-state index contributed by atoms with van der Waals surface area (Å²) in [4.78, 5) is 4.20. The minimum Gasteiger partial charge on any atom is -0.449 e. The Labute approximate surface area is 66.8 Å². The number of oxazole rings is 1. The van der Waals surface area contributed by atoms with Crippen molar-refractivity contribution in [3.63, 3.8) is 0 Å². The van der Waals surface area contributed by atoms with Gasteiger partial charge in [0.05, 0.1) is 5.69 Å². The predicted octanol–water partition coefficient (Wildman–Crippen LogP) is 1.65. The van der Waals surface area contributed by atoms with Crippen molar-refractivity contribution in [1.29, 1.82) is 0 Å². The summed E-state index contributed by atoms with van der Waals surface area (Å²) in [5.74, 6) is 0.727. The van der Waals surface area contributed by atoms with Gasteiger partial charge in [0.15, 0.2) is 5.89 Å². The van der Waals surface area contributed by atoms with E-state index < -0.39 is 0 Å². The molecule has 3 heteroatoms. The van der Waals surface area contributed by atoms with Crippen LogP contribution in [0.25, 0.3) is 0 Å². The zero-order chi connectivity index (χ0) is 8.27. The van der Waals surface area contributed by atoms with Crippen LogP contribution in [-0.2, 0) is 0 Å². The molecule has 62 valence electrons. The Morgan fingerprint density at radius 1 is 1.73 bits per heavy atom. The number of rotatable bonds is 3. The van der Waals surface area contributed by atoms with E-state index in [0.717, 1.165) is 18.1 Å². The second-order valence-electron chi connectivity index (χ2n) is 2.57.